The molecule has 1 aliphatic carbocycles. The molecule has 5 heteroatoms. The van der Waals surface area contributed by atoms with Crippen LogP contribution < -0.4 is 11.1 Å². The molecule has 0 bridgehead atoms. The highest BCUT2D eigenvalue weighted by Crippen LogP contribution is 2.41. The fraction of sp³-hybridized carbons (Fsp3) is 0.533. The van der Waals surface area contributed by atoms with Gasteiger partial charge in [0.05, 0.1) is 18.1 Å². The van der Waals surface area contributed by atoms with E-state index in [0.29, 0.717) is 13.0 Å². The normalized spacial score (nSPS) is 17.5. The SMILES string of the molecule is COC(CN)CC(=O)NC1(c2ccccc2)CCC1.Cl. The van der Waals surface area contributed by atoms with E-state index in [2.05, 4.69) is 17.4 Å². The van der Waals surface area contributed by atoms with Crippen molar-refractivity contribution in [1.82, 2.24) is 5.32 Å². The zero-order chi connectivity index (χ0) is 13.7. The molecule has 0 radical (unpaired) electrons. The number of hydrogen-bond donors (Lipinski definition) is 2. The summed E-state index contributed by atoms with van der Waals surface area (Å²) < 4.78 is 5.16. The Hall–Kier alpha value is -1.10. The largest absolute Gasteiger partial charge is 0.380 e. The van der Waals surface area contributed by atoms with Crippen molar-refractivity contribution >= 4 is 18.3 Å². The summed E-state index contributed by atoms with van der Waals surface area (Å²) in [7, 11) is 1.58. The van der Waals surface area contributed by atoms with Gasteiger partial charge in [0.2, 0.25) is 5.91 Å². The molecule has 0 saturated heterocycles. The lowest BCUT2D eigenvalue weighted by Crippen LogP contribution is -2.51. The molecule has 1 saturated carbocycles. The molecule has 0 spiro atoms. The van der Waals surface area contributed by atoms with E-state index in [1.54, 1.807) is 7.11 Å². The minimum Gasteiger partial charge on any atom is -0.380 e. The number of halogens is 1. The van der Waals surface area contributed by atoms with Crippen molar-refractivity contribution in [1.29, 1.82) is 0 Å². The van der Waals surface area contributed by atoms with Crippen LogP contribution in [0.5, 0.6) is 0 Å². The smallest absolute Gasteiger partial charge is 0.223 e. The maximum atomic E-state index is 12.1. The van der Waals surface area contributed by atoms with Gasteiger partial charge in [-0.1, -0.05) is 30.3 Å². The summed E-state index contributed by atoms with van der Waals surface area (Å²) in [4.78, 5) is 12.1. The van der Waals surface area contributed by atoms with Crippen molar-refractivity contribution in [2.45, 2.75) is 37.3 Å². The Morgan fingerprint density at radius 1 is 1.40 bits per heavy atom. The van der Waals surface area contributed by atoms with Gasteiger partial charge in [0, 0.05) is 13.7 Å². The summed E-state index contributed by atoms with van der Waals surface area (Å²) in [5, 5.41) is 3.17. The standard InChI is InChI=1S/C15H22N2O2.ClH/c1-19-13(11-16)10-14(18)17-15(8-5-9-15)12-6-3-2-4-7-12;/h2-4,6-7,13H,5,8-11,16H2,1H3,(H,17,18);1H. The molecule has 0 heterocycles. The minimum absolute atomic E-state index is 0. The van der Waals surface area contributed by atoms with E-state index in [1.165, 1.54) is 5.56 Å². The van der Waals surface area contributed by atoms with E-state index in [9.17, 15) is 4.79 Å². The van der Waals surface area contributed by atoms with Crippen LogP contribution in [0.25, 0.3) is 0 Å². The number of methoxy groups -OCH3 is 1. The number of rotatable bonds is 6. The van der Waals surface area contributed by atoms with Gasteiger partial charge in [-0.3, -0.25) is 4.79 Å². The molecular weight excluding hydrogens is 276 g/mol. The third-order valence-electron chi connectivity index (χ3n) is 3.92. The second-order valence-electron chi connectivity index (χ2n) is 5.15. The van der Waals surface area contributed by atoms with Crippen LogP contribution in [0.15, 0.2) is 30.3 Å². The molecule has 1 unspecified atom stereocenters. The molecule has 1 aromatic rings. The van der Waals surface area contributed by atoms with Crippen LogP contribution in [0, 0.1) is 0 Å². The number of hydrogen-bond acceptors (Lipinski definition) is 3. The van der Waals surface area contributed by atoms with Gasteiger partial charge in [0.15, 0.2) is 0 Å². The Bertz CT molecular complexity index is 417. The number of nitrogens with two attached hydrogens (primary N) is 1. The second kappa shape index (κ2) is 7.62. The highest BCUT2D eigenvalue weighted by molar-refractivity contribution is 5.85. The van der Waals surface area contributed by atoms with Crippen LogP contribution in [0.4, 0.5) is 0 Å². The third-order valence-corrected chi connectivity index (χ3v) is 3.92. The van der Waals surface area contributed by atoms with Gasteiger partial charge >= 0.3 is 0 Å². The average Bonchev–Trinajstić information content (AvgIpc) is 2.41. The molecule has 1 amide bonds. The van der Waals surface area contributed by atoms with Gasteiger partial charge in [-0.2, -0.15) is 0 Å². The van der Waals surface area contributed by atoms with E-state index in [4.69, 9.17) is 10.5 Å². The average molecular weight is 299 g/mol. The van der Waals surface area contributed by atoms with Crippen molar-refractivity contribution < 1.29 is 9.53 Å². The Kier molecular flexibility index (Phi) is 6.46. The van der Waals surface area contributed by atoms with Crippen LogP contribution in [0.3, 0.4) is 0 Å². The van der Waals surface area contributed by atoms with Gasteiger partial charge < -0.3 is 15.8 Å². The summed E-state index contributed by atoms with van der Waals surface area (Å²) >= 11 is 0. The molecule has 0 aromatic heterocycles. The molecule has 20 heavy (non-hydrogen) atoms. The van der Waals surface area contributed by atoms with Gasteiger partial charge in [0.1, 0.15) is 0 Å². The van der Waals surface area contributed by atoms with Crippen molar-refractivity contribution in [3.8, 4) is 0 Å². The monoisotopic (exact) mass is 298 g/mol. The Balaban J connectivity index is 0.00000200. The molecule has 1 atom stereocenters. The molecule has 112 valence electrons. The molecular formula is C15H23ClN2O2. The van der Waals surface area contributed by atoms with E-state index < -0.39 is 0 Å². The number of amides is 1. The predicted molar refractivity (Wildman–Crippen MR) is 81.8 cm³/mol. The fourth-order valence-corrected chi connectivity index (χ4v) is 2.56. The predicted octanol–water partition coefficient (Wildman–Crippen LogP) is 1.97. The van der Waals surface area contributed by atoms with Crippen LogP contribution >= 0.6 is 12.4 Å². The van der Waals surface area contributed by atoms with Gasteiger partial charge in [-0.05, 0) is 24.8 Å². The third kappa shape index (κ3) is 3.72. The lowest BCUT2D eigenvalue weighted by atomic mass is 9.71. The summed E-state index contributed by atoms with van der Waals surface area (Å²) in [5.41, 5.74) is 6.56. The zero-order valence-corrected chi connectivity index (χ0v) is 12.6. The van der Waals surface area contributed by atoms with Gasteiger partial charge in [0.25, 0.3) is 0 Å². The number of ether oxygens (including phenoxy) is 1. The van der Waals surface area contributed by atoms with E-state index in [0.717, 1.165) is 19.3 Å². The molecule has 4 nitrogen and oxygen atoms in total. The maximum absolute atomic E-state index is 12.1. The van der Waals surface area contributed by atoms with E-state index >= 15 is 0 Å². The quantitative estimate of drug-likeness (QED) is 0.844. The van der Waals surface area contributed by atoms with E-state index in [1.807, 2.05) is 18.2 Å². The molecule has 0 aliphatic heterocycles. The Morgan fingerprint density at radius 2 is 2.05 bits per heavy atom. The highest BCUT2D eigenvalue weighted by atomic mass is 35.5. The van der Waals surface area contributed by atoms with E-state index in [-0.39, 0.29) is 30.0 Å². The second-order valence-corrected chi connectivity index (χ2v) is 5.15. The van der Waals surface area contributed by atoms with Crippen molar-refractivity contribution in [2.75, 3.05) is 13.7 Å². The molecule has 1 aromatic carbocycles. The Morgan fingerprint density at radius 3 is 2.50 bits per heavy atom. The van der Waals surface area contributed by atoms with Crippen LogP contribution in [0.2, 0.25) is 0 Å². The topological polar surface area (TPSA) is 64.3 Å². The lowest BCUT2D eigenvalue weighted by molar-refractivity contribution is -0.126. The summed E-state index contributed by atoms with van der Waals surface area (Å²) in [6.07, 6.45) is 3.28. The fourth-order valence-electron chi connectivity index (χ4n) is 2.56. The lowest BCUT2D eigenvalue weighted by Gasteiger charge is -2.43. The molecule has 1 aliphatic rings. The minimum atomic E-state index is -0.201. The first-order valence-corrected chi connectivity index (χ1v) is 6.79. The van der Waals surface area contributed by atoms with Gasteiger partial charge in [-0.15, -0.1) is 12.4 Å². The van der Waals surface area contributed by atoms with Crippen LogP contribution in [0.1, 0.15) is 31.2 Å². The molecule has 1 fully saturated rings. The van der Waals surface area contributed by atoms with Gasteiger partial charge in [-0.25, -0.2) is 0 Å². The first kappa shape index (κ1) is 17.0. The first-order chi connectivity index (χ1) is 9.20. The Labute approximate surface area is 126 Å². The summed E-state index contributed by atoms with van der Waals surface area (Å²) in [6, 6.07) is 10.2. The number of carbonyl (C=O) groups excluding carboxylic acids is 1. The number of carbonyl (C=O) groups is 1. The maximum Gasteiger partial charge on any atom is 0.223 e. The number of benzene rings is 1. The highest BCUT2D eigenvalue weighted by Gasteiger charge is 2.39. The van der Waals surface area contributed by atoms with Crippen molar-refractivity contribution in [3.63, 3.8) is 0 Å². The zero-order valence-electron chi connectivity index (χ0n) is 11.8. The summed E-state index contributed by atoms with van der Waals surface area (Å²) in [6.45, 7) is 0.363. The number of nitrogens with one attached hydrogen (secondary N) is 1. The first-order valence-electron chi connectivity index (χ1n) is 6.79. The van der Waals surface area contributed by atoms with Crippen LogP contribution in [-0.2, 0) is 15.1 Å². The molecule has 3 N–H and O–H groups in total. The van der Waals surface area contributed by atoms with Crippen molar-refractivity contribution in [2.24, 2.45) is 5.73 Å². The van der Waals surface area contributed by atoms with Crippen LogP contribution in [-0.4, -0.2) is 25.7 Å². The summed E-state index contributed by atoms with van der Waals surface area (Å²) in [5.74, 6) is 0.0147. The molecule has 2 rings (SSSR count). The van der Waals surface area contributed by atoms with Crippen molar-refractivity contribution in [3.05, 3.63) is 35.9 Å².